The Labute approximate surface area is 134 Å². The van der Waals surface area contributed by atoms with Crippen LogP contribution in [0.2, 0.25) is 5.02 Å². The van der Waals surface area contributed by atoms with E-state index in [9.17, 15) is 9.59 Å². The first-order chi connectivity index (χ1) is 10.0. The van der Waals surface area contributed by atoms with Gasteiger partial charge < -0.3 is 10.1 Å². The number of hydrogen-bond acceptors (Lipinski definition) is 3. The smallest absolute Gasteiger partial charge is 0.262 e. The van der Waals surface area contributed by atoms with Gasteiger partial charge in [0, 0.05) is 20.6 Å². The van der Waals surface area contributed by atoms with Crippen LogP contribution in [0.25, 0.3) is 0 Å². The third-order valence-electron chi connectivity index (χ3n) is 3.05. The highest BCUT2D eigenvalue weighted by Crippen LogP contribution is 2.30. The molecule has 21 heavy (non-hydrogen) atoms. The van der Waals surface area contributed by atoms with Crippen molar-refractivity contribution in [3.8, 4) is 5.75 Å². The summed E-state index contributed by atoms with van der Waals surface area (Å²) < 4.78 is 5.93. The van der Waals surface area contributed by atoms with Crippen LogP contribution in [0.4, 0.5) is 5.69 Å². The van der Waals surface area contributed by atoms with Gasteiger partial charge in [-0.1, -0.05) is 27.5 Å². The summed E-state index contributed by atoms with van der Waals surface area (Å²) >= 11 is 9.27. The van der Waals surface area contributed by atoms with Gasteiger partial charge in [-0.15, -0.1) is 0 Å². The minimum absolute atomic E-state index is 0.0138. The van der Waals surface area contributed by atoms with E-state index in [0.717, 1.165) is 0 Å². The third kappa shape index (κ3) is 2.80. The molecule has 0 fully saturated rings. The van der Waals surface area contributed by atoms with Crippen molar-refractivity contribution < 1.29 is 14.3 Å². The SMILES string of the molecule is O=C1COc2ccc(C(=O)c3cc(Cl)ccc3Br)cc2N1. The number of carbonyl (C=O) groups is 2. The highest BCUT2D eigenvalue weighted by atomic mass is 79.9. The number of amides is 1. The number of halogens is 2. The molecule has 0 spiro atoms. The fraction of sp³-hybridized carbons (Fsp3) is 0.0667. The number of anilines is 1. The van der Waals surface area contributed by atoms with Gasteiger partial charge in [0.05, 0.1) is 5.69 Å². The summed E-state index contributed by atoms with van der Waals surface area (Å²) in [5, 5.41) is 3.16. The molecule has 4 nitrogen and oxygen atoms in total. The monoisotopic (exact) mass is 365 g/mol. The Morgan fingerprint density at radius 2 is 2.05 bits per heavy atom. The Morgan fingerprint density at radius 1 is 1.24 bits per heavy atom. The van der Waals surface area contributed by atoms with Crippen molar-refractivity contribution in [1.29, 1.82) is 0 Å². The lowest BCUT2D eigenvalue weighted by atomic mass is 10.0. The molecule has 1 N–H and O–H groups in total. The molecule has 6 heteroatoms. The van der Waals surface area contributed by atoms with E-state index in [1.165, 1.54) is 0 Å². The molecule has 106 valence electrons. The lowest BCUT2D eigenvalue weighted by molar-refractivity contribution is -0.118. The number of benzene rings is 2. The Bertz CT molecular complexity index is 761. The molecule has 2 aromatic carbocycles. The summed E-state index contributed by atoms with van der Waals surface area (Å²) in [4.78, 5) is 23.9. The van der Waals surface area contributed by atoms with E-state index in [1.807, 2.05) is 0 Å². The van der Waals surface area contributed by atoms with E-state index < -0.39 is 0 Å². The molecule has 0 atom stereocenters. The zero-order valence-electron chi connectivity index (χ0n) is 10.7. The highest BCUT2D eigenvalue weighted by molar-refractivity contribution is 9.10. The van der Waals surface area contributed by atoms with E-state index in [-0.39, 0.29) is 18.3 Å². The van der Waals surface area contributed by atoms with E-state index >= 15 is 0 Å². The van der Waals surface area contributed by atoms with Gasteiger partial charge in [0.25, 0.3) is 5.91 Å². The predicted octanol–water partition coefficient (Wildman–Crippen LogP) is 3.66. The Balaban J connectivity index is 2.00. The lowest BCUT2D eigenvalue weighted by Gasteiger charge is -2.18. The maximum Gasteiger partial charge on any atom is 0.262 e. The van der Waals surface area contributed by atoms with Gasteiger partial charge in [0.1, 0.15) is 5.75 Å². The van der Waals surface area contributed by atoms with E-state index in [2.05, 4.69) is 21.2 Å². The van der Waals surface area contributed by atoms with Crippen LogP contribution < -0.4 is 10.1 Å². The second kappa shape index (κ2) is 5.50. The molecule has 0 unspecified atom stereocenters. The molecule has 0 saturated heterocycles. The third-order valence-corrected chi connectivity index (χ3v) is 3.97. The first-order valence-corrected chi connectivity index (χ1v) is 7.28. The van der Waals surface area contributed by atoms with Crippen LogP contribution in [-0.4, -0.2) is 18.3 Å². The number of fused-ring (bicyclic) bond motifs is 1. The first-order valence-electron chi connectivity index (χ1n) is 6.11. The second-order valence-corrected chi connectivity index (χ2v) is 5.79. The number of hydrogen-bond donors (Lipinski definition) is 1. The van der Waals surface area contributed by atoms with Gasteiger partial charge in [-0.05, 0) is 36.4 Å². The van der Waals surface area contributed by atoms with Crippen LogP contribution in [0.5, 0.6) is 5.75 Å². The Morgan fingerprint density at radius 3 is 2.86 bits per heavy atom. The number of carbonyl (C=O) groups excluding carboxylic acids is 2. The molecule has 1 aliphatic rings. The molecule has 2 aromatic rings. The van der Waals surface area contributed by atoms with E-state index in [4.69, 9.17) is 16.3 Å². The summed E-state index contributed by atoms with van der Waals surface area (Å²) in [6.07, 6.45) is 0. The molecular formula is C15H9BrClNO3. The topological polar surface area (TPSA) is 55.4 Å². The normalized spacial score (nSPS) is 13.1. The molecule has 0 aliphatic carbocycles. The number of ether oxygens (including phenoxy) is 1. The number of ketones is 1. The highest BCUT2D eigenvalue weighted by Gasteiger charge is 2.19. The van der Waals surface area contributed by atoms with Gasteiger partial charge in [-0.2, -0.15) is 0 Å². The van der Waals surface area contributed by atoms with Crippen LogP contribution in [-0.2, 0) is 4.79 Å². The van der Waals surface area contributed by atoms with Crippen molar-refractivity contribution in [2.24, 2.45) is 0 Å². The summed E-state index contributed by atoms with van der Waals surface area (Å²) in [7, 11) is 0. The van der Waals surface area contributed by atoms with Crippen LogP contribution in [0.1, 0.15) is 15.9 Å². The summed E-state index contributed by atoms with van der Waals surface area (Å²) in [6, 6.07) is 9.94. The minimum atomic E-state index is -0.240. The second-order valence-electron chi connectivity index (χ2n) is 4.50. The fourth-order valence-electron chi connectivity index (χ4n) is 2.05. The molecule has 3 rings (SSSR count). The molecule has 1 amide bonds. The van der Waals surface area contributed by atoms with Crippen molar-refractivity contribution in [2.45, 2.75) is 0 Å². The zero-order valence-corrected chi connectivity index (χ0v) is 13.0. The van der Waals surface area contributed by atoms with Crippen molar-refractivity contribution in [3.63, 3.8) is 0 Å². The molecular weight excluding hydrogens is 358 g/mol. The maximum absolute atomic E-state index is 12.5. The van der Waals surface area contributed by atoms with Gasteiger partial charge in [-0.3, -0.25) is 9.59 Å². The summed E-state index contributed by atoms with van der Waals surface area (Å²) in [5.41, 5.74) is 1.41. The molecule has 0 radical (unpaired) electrons. The summed E-state index contributed by atoms with van der Waals surface area (Å²) in [6.45, 7) is -0.0138. The number of nitrogens with one attached hydrogen (secondary N) is 1. The molecule has 0 saturated carbocycles. The average molecular weight is 367 g/mol. The predicted molar refractivity (Wildman–Crippen MR) is 83.2 cm³/mol. The van der Waals surface area contributed by atoms with Crippen LogP contribution >= 0.6 is 27.5 Å². The zero-order chi connectivity index (χ0) is 15.0. The van der Waals surface area contributed by atoms with Crippen molar-refractivity contribution in [1.82, 2.24) is 0 Å². The average Bonchev–Trinajstić information content (AvgIpc) is 2.48. The Kier molecular flexibility index (Phi) is 3.69. The first kappa shape index (κ1) is 14.1. The van der Waals surface area contributed by atoms with Gasteiger partial charge in [-0.25, -0.2) is 0 Å². The fourth-order valence-corrected chi connectivity index (χ4v) is 2.65. The maximum atomic E-state index is 12.5. The van der Waals surface area contributed by atoms with Crippen molar-refractivity contribution in [2.75, 3.05) is 11.9 Å². The van der Waals surface area contributed by atoms with Gasteiger partial charge in [0.15, 0.2) is 12.4 Å². The molecule has 0 aromatic heterocycles. The van der Waals surface area contributed by atoms with Crippen LogP contribution in [0, 0.1) is 0 Å². The Hall–Kier alpha value is -1.85. The lowest BCUT2D eigenvalue weighted by Crippen LogP contribution is -2.25. The van der Waals surface area contributed by atoms with E-state index in [1.54, 1.807) is 36.4 Å². The van der Waals surface area contributed by atoms with Crippen molar-refractivity contribution >= 4 is 44.9 Å². The minimum Gasteiger partial charge on any atom is -0.482 e. The van der Waals surface area contributed by atoms with Crippen LogP contribution in [0.3, 0.4) is 0 Å². The van der Waals surface area contributed by atoms with Crippen LogP contribution in [0.15, 0.2) is 40.9 Å². The van der Waals surface area contributed by atoms with Gasteiger partial charge in [0.2, 0.25) is 0 Å². The van der Waals surface area contributed by atoms with Gasteiger partial charge >= 0.3 is 0 Å². The summed E-state index contributed by atoms with van der Waals surface area (Å²) in [5.74, 6) is 0.124. The molecule has 1 heterocycles. The quantitative estimate of drug-likeness (QED) is 0.825. The van der Waals surface area contributed by atoms with Crippen molar-refractivity contribution in [3.05, 3.63) is 57.0 Å². The number of rotatable bonds is 2. The largest absolute Gasteiger partial charge is 0.482 e. The molecule has 1 aliphatic heterocycles. The standard InChI is InChI=1S/C15H9BrClNO3/c16-11-3-2-9(17)6-10(11)15(20)8-1-4-13-12(5-8)18-14(19)7-21-13/h1-6H,7H2,(H,18,19). The molecule has 0 bridgehead atoms. The van der Waals surface area contributed by atoms with E-state index in [0.29, 0.717) is 32.1 Å².